The lowest BCUT2D eigenvalue weighted by atomic mass is 9.73. The van der Waals surface area contributed by atoms with E-state index in [1.807, 2.05) is 24.3 Å². The predicted molar refractivity (Wildman–Crippen MR) is 82.4 cm³/mol. The highest BCUT2D eigenvalue weighted by molar-refractivity contribution is 5.35. The van der Waals surface area contributed by atoms with Crippen molar-refractivity contribution >= 4 is 0 Å². The smallest absolute Gasteiger partial charge is 0.124 e. The van der Waals surface area contributed by atoms with E-state index in [0.717, 1.165) is 43.6 Å². The van der Waals surface area contributed by atoms with E-state index in [-0.39, 0.29) is 11.5 Å². The zero-order valence-electron chi connectivity index (χ0n) is 12.9. The molecule has 2 unspecified atom stereocenters. The summed E-state index contributed by atoms with van der Waals surface area (Å²) in [6, 6.07) is 7.82. The molecule has 2 aliphatic rings. The first-order chi connectivity index (χ1) is 10.2. The van der Waals surface area contributed by atoms with Crippen LogP contribution in [0.1, 0.15) is 56.6 Å². The van der Waals surface area contributed by atoms with Crippen LogP contribution in [-0.2, 0) is 4.74 Å². The average Bonchev–Trinajstić information content (AvgIpc) is 2.55. The second-order valence-corrected chi connectivity index (χ2v) is 6.53. The highest BCUT2D eigenvalue weighted by Crippen LogP contribution is 2.45. The highest BCUT2D eigenvalue weighted by atomic mass is 16.5. The van der Waals surface area contributed by atoms with Gasteiger partial charge >= 0.3 is 0 Å². The zero-order valence-corrected chi connectivity index (χ0v) is 12.9. The van der Waals surface area contributed by atoms with E-state index in [4.69, 9.17) is 9.47 Å². The largest absolute Gasteiger partial charge is 0.496 e. The Balaban J connectivity index is 1.76. The second-order valence-electron chi connectivity index (χ2n) is 6.53. The minimum atomic E-state index is -0.455. The molecule has 1 N–H and O–H groups in total. The summed E-state index contributed by atoms with van der Waals surface area (Å²) in [5, 5.41) is 10.8. The standard InChI is InChI=1S/C18H26O3/c1-20-16-8-4-3-7-15(16)17(19)14-9-12-21-18(13-14)10-5-2-6-11-18/h3-4,7-8,14,17,19H,2,5-6,9-13H2,1H3. The van der Waals surface area contributed by atoms with Crippen molar-refractivity contribution in [3.05, 3.63) is 29.8 Å². The lowest BCUT2D eigenvalue weighted by Crippen LogP contribution is -2.42. The Bertz CT molecular complexity index is 460. The van der Waals surface area contributed by atoms with Gasteiger partial charge in [-0.15, -0.1) is 0 Å². The first-order valence-electron chi connectivity index (χ1n) is 8.19. The Morgan fingerprint density at radius 3 is 2.76 bits per heavy atom. The third kappa shape index (κ3) is 3.09. The molecule has 0 bridgehead atoms. The van der Waals surface area contributed by atoms with Crippen LogP contribution < -0.4 is 4.74 Å². The monoisotopic (exact) mass is 290 g/mol. The Morgan fingerprint density at radius 1 is 1.24 bits per heavy atom. The average molecular weight is 290 g/mol. The minimum absolute atomic E-state index is 0.0319. The Labute approximate surface area is 127 Å². The summed E-state index contributed by atoms with van der Waals surface area (Å²) in [4.78, 5) is 0. The van der Waals surface area contributed by atoms with Gasteiger partial charge in [0.1, 0.15) is 5.75 Å². The summed E-state index contributed by atoms with van der Waals surface area (Å²) >= 11 is 0. The number of methoxy groups -OCH3 is 1. The molecular formula is C18H26O3. The number of aliphatic hydroxyl groups excluding tert-OH is 1. The Kier molecular flexibility index (Phi) is 4.51. The number of aliphatic hydroxyl groups is 1. The topological polar surface area (TPSA) is 38.7 Å². The first-order valence-corrected chi connectivity index (χ1v) is 8.19. The zero-order chi connectivity index (χ0) is 14.7. The molecule has 116 valence electrons. The molecule has 3 heteroatoms. The Morgan fingerprint density at radius 2 is 2.00 bits per heavy atom. The molecule has 1 aliphatic carbocycles. The molecular weight excluding hydrogens is 264 g/mol. The second kappa shape index (κ2) is 6.37. The van der Waals surface area contributed by atoms with Gasteiger partial charge in [-0.1, -0.05) is 37.5 Å². The van der Waals surface area contributed by atoms with Crippen LogP contribution in [0.4, 0.5) is 0 Å². The lowest BCUT2D eigenvalue weighted by molar-refractivity contribution is -0.134. The van der Waals surface area contributed by atoms with E-state index >= 15 is 0 Å². The van der Waals surface area contributed by atoms with Crippen molar-refractivity contribution in [1.82, 2.24) is 0 Å². The molecule has 2 fully saturated rings. The SMILES string of the molecule is COc1ccccc1C(O)C1CCOC2(CCCCC2)C1. The molecule has 0 radical (unpaired) electrons. The fourth-order valence-electron chi connectivity index (χ4n) is 4.04. The van der Waals surface area contributed by atoms with E-state index in [9.17, 15) is 5.11 Å². The molecule has 1 aromatic rings. The van der Waals surface area contributed by atoms with Crippen LogP contribution in [-0.4, -0.2) is 24.4 Å². The molecule has 3 rings (SSSR count). The number of hydrogen-bond acceptors (Lipinski definition) is 3. The number of para-hydroxylation sites is 1. The van der Waals surface area contributed by atoms with E-state index in [1.165, 1.54) is 19.3 Å². The quantitative estimate of drug-likeness (QED) is 0.918. The molecule has 0 amide bonds. The maximum Gasteiger partial charge on any atom is 0.124 e. The van der Waals surface area contributed by atoms with Gasteiger partial charge < -0.3 is 14.6 Å². The fourth-order valence-corrected chi connectivity index (χ4v) is 4.04. The molecule has 1 saturated carbocycles. The molecule has 3 nitrogen and oxygen atoms in total. The third-order valence-electron chi connectivity index (χ3n) is 5.20. The van der Waals surface area contributed by atoms with Crippen LogP contribution in [0.15, 0.2) is 24.3 Å². The van der Waals surface area contributed by atoms with Gasteiger partial charge in [0.25, 0.3) is 0 Å². The van der Waals surface area contributed by atoms with Crippen molar-refractivity contribution in [3.8, 4) is 5.75 Å². The van der Waals surface area contributed by atoms with Gasteiger partial charge in [-0.25, -0.2) is 0 Å². The fraction of sp³-hybridized carbons (Fsp3) is 0.667. The van der Waals surface area contributed by atoms with Gasteiger partial charge in [0, 0.05) is 12.2 Å². The van der Waals surface area contributed by atoms with Gasteiger partial charge in [-0.2, -0.15) is 0 Å². The number of rotatable bonds is 3. The third-order valence-corrected chi connectivity index (χ3v) is 5.20. The number of benzene rings is 1. The molecule has 0 aromatic heterocycles. The van der Waals surface area contributed by atoms with Gasteiger partial charge in [-0.05, 0) is 37.7 Å². The number of ether oxygens (including phenoxy) is 2. The van der Waals surface area contributed by atoms with E-state index in [2.05, 4.69) is 0 Å². The van der Waals surface area contributed by atoms with Crippen molar-refractivity contribution in [3.63, 3.8) is 0 Å². The maximum atomic E-state index is 10.8. The molecule has 2 atom stereocenters. The summed E-state index contributed by atoms with van der Waals surface area (Å²) in [6.07, 6.45) is 7.61. The summed E-state index contributed by atoms with van der Waals surface area (Å²) in [5.74, 6) is 1.06. The van der Waals surface area contributed by atoms with Crippen LogP contribution in [0, 0.1) is 5.92 Å². The molecule has 1 heterocycles. The molecule has 21 heavy (non-hydrogen) atoms. The highest BCUT2D eigenvalue weighted by Gasteiger charge is 2.41. The van der Waals surface area contributed by atoms with Gasteiger partial charge in [0.2, 0.25) is 0 Å². The predicted octanol–water partition coefficient (Wildman–Crippen LogP) is 3.86. The van der Waals surface area contributed by atoms with Crippen LogP contribution in [0.25, 0.3) is 0 Å². The minimum Gasteiger partial charge on any atom is -0.496 e. The molecule has 1 spiro atoms. The summed E-state index contributed by atoms with van der Waals surface area (Å²) in [6.45, 7) is 0.775. The van der Waals surface area contributed by atoms with E-state index in [0.29, 0.717) is 0 Å². The van der Waals surface area contributed by atoms with Crippen molar-refractivity contribution in [2.45, 2.75) is 56.7 Å². The van der Waals surface area contributed by atoms with Crippen LogP contribution in [0.5, 0.6) is 5.75 Å². The van der Waals surface area contributed by atoms with Crippen molar-refractivity contribution < 1.29 is 14.6 Å². The molecule has 1 aromatic carbocycles. The normalized spacial score (nSPS) is 26.5. The van der Waals surface area contributed by atoms with Crippen LogP contribution in [0.2, 0.25) is 0 Å². The van der Waals surface area contributed by atoms with Gasteiger partial charge in [-0.3, -0.25) is 0 Å². The van der Waals surface area contributed by atoms with Gasteiger partial charge in [0.05, 0.1) is 18.8 Å². The summed E-state index contributed by atoms with van der Waals surface area (Å²) in [7, 11) is 1.66. The van der Waals surface area contributed by atoms with Gasteiger partial charge in [0.15, 0.2) is 0 Å². The first kappa shape index (κ1) is 14.9. The van der Waals surface area contributed by atoms with Crippen molar-refractivity contribution in [2.24, 2.45) is 5.92 Å². The lowest BCUT2D eigenvalue weighted by Gasteiger charge is -2.44. The van der Waals surface area contributed by atoms with E-state index in [1.54, 1.807) is 7.11 Å². The van der Waals surface area contributed by atoms with Crippen LogP contribution >= 0.6 is 0 Å². The van der Waals surface area contributed by atoms with Crippen molar-refractivity contribution in [2.75, 3.05) is 13.7 Å². The summed E-state index contributed by atoms with van der Waals surface area (Å²) in [5.41, 5.74) is 0.947. The number of hydrogen-bond donors (Lipinski definition) is 1. The summed E-state index contributed by atoms with van der Waals surface area (Å²) < 4.78 is 11.5. The van der Waals surface area contributed by atoms with Crippen molar-refractivity contribution in [1.29, 1.82) is 0 Å². The maximum absolute atomic E-state index is 10.8. The molecule has 1 aliphatic heterocycles. The van der Waals surface area contributed by atoms with Crippen LogP contribution in [0.3, 0.4) is 0 Å². The Hall–Kier alpha value is -1.06. The van der Waals surface area contributed by atoms with E-state index < -0.39 is 6.10 Å². The molecule has 1 saturated heterocycles.